The first-order valence-electron chi connectivity index (χ1n) is 10.3. The average molecular weight is 384 g/mol. The van der Waals surface area contributed by atoms with E-state index in [1.54, 1.807) is 4.90 Å². The third-order valence-corrected chi connectivity index (χ3v) is 6.34. The number of hydrogen-bond donors (Lipinski definition) is 3. The van der Waals surface area contributed by atoms with Gasteiger partial charge in [-0.25, -0.2) is 0 Å². The monoisotopic (exact) mass is 384 g/mol. The summed E-state index contributed by atoms with van der Waals surface area (Å²) in [6.45, 7) is 1.80. The molecule has 2 heterocycles. The topological polar surface area (TPSA) is 105 Å². The van der Waals surface area contributed by atoms with Crippen molar-refractivity contribution in [3.63, 3.8) is 0 Å². The Morgan fingerprint density at radius 1 is 1.18 bits per heavy atom. The predicted octanol–water partition coefficient (Wildman–Crippen LogP) is 1.05. The standard InChI is InChI=1S/C21H28N4O3/c22-10-13-3-1-6-16(9-13)23-11-14-4-2-5-15-12-25(21(28)19(14)15)17-7-8-18(26)24-20(17)27/h2,4-5,13,16-17,23H,1,3,6-12,22H2,(H,24,26,27). The van der Waals surface area contributed by atoms with E-state index in [2.05, 4.69) is 10.6 Å². The summed E-state index contributed by atoms with van der Waals surface area (Å²) in [6, 6.07) is 5.78. The minimum absolute atomic E-state index is 0.106. The molecule has 4 rings (SSSR count). The maximum absolute atomic E-state index is 13.1. The molecule has 0 spiro atoms. The molecule has 4 N–H and O–H groups in total. The molecule has 0 aromatic heterocycles. The summed E-state index contributed by atoms with van der Waals surface area (Å²) in [6.07, 6.45) is 5.28. The van der Waals surface area contributed by atoms with E-state index >= 15 is 0 Å². The van der Waals surface area contributed by atoms with Gasteiger partial charge in [0.1, 0.15) is 6.04 Å². The lowest BCUT2D eigenvalue weighted by Crippen LogP contribution is -2.52. The van der Waals surface area contributed by atoms with Crippen molar-refractivity contribution >= 4 is 17.7 Å². The lowest BCUT2D eigenvalue weighted by atomic mass is 9.85. The molecule has 3 amide bonds. The SMILES string of the molecule is NCC1CCCC(NCc2cccc3c2C(=O)N(C2CCC(=O)NC2=O)C3)C1. The number of carbonyl (C=O) groups excluding carboxylic acids is 3. The third kappa shape index (κ3) is 3.69. The molecule has 3 atom stereocenters. The van der Waals surface area contributed by atoms with Crippen molar-refractivity contribution in [1.29, 1.82) is 0 Å². The molecule has 3 unspecified atom stereocenters. The fraction of sp³-hybridized carbons (Fsp3) is 0.571. The summed E-state index contributed by atoms with van der Waals surface area (Å²) >= 11 is 0. The second kappa shape index (κ2) is 8.01. The van der Waals surface area contributed by atoms with Crippen LogP contribution in [0.2, 0.25) is 0 Å². The van der Waals surface area contributed by atoms with Crippen molar-refractivity contribution in [3.8, 4) is 0 Å². The number of hydrogen-bond acceptors (Lipinski definition) is 5. The van der Waals surface area contributed by atoms with Crippen LogP contribution in [0.1, 0.15) is 60.0 Å². The van der Waals surface area contributed by atoms with Crippen molar-refractivity contribution < 1.29 is 14.4 Å². The van der Waals surface area contributed by atoms with Gasteiger partial charge in [-0.3, -0.25) is 19.7 Å². The second-order valence-corrected chi connectivity index (χ2v) is 8.20. The highest BCUT2D eigenvalue weighted by atomic mass is 16.2. The van der Waals surface area contributed by atoms with Crippen molar-refractivity contribution in [2.75, 3.05) is 6.54 Å². The van der Waals surface area contributed by atoms with Gasteiger partial charge in [0, 0.05) is 31.1 Å². The fourth-order valence-electron chi connectivity index (χ4n) is 4.78. The smallest absolute Gasteiger partial charge is 0.255 e. The van der Waals surface area contributed by atoms with Gasteiger partial charge in [0.15, 0.2) is 0 Å². The molecule has 28 heavy (non-hydrogen) atoms. The molecule has 7 nitrogen and oxygen atoms in total. The number of nitrogens with zero attached hydrogens (tertiary/aromatic N) is 1. The van der Waals surface area contributed by atoms with Gasteiger partial charge in [-0.2, -0.15) is 0 Å². The van der Waals surface area contributed by atoms with E-state index in [0.717, 1.165) is 30.5 Å². The highest BCUT2D eigenvalue weighted by molar-refractivity contribution is 6.05. The van der Waals surface area contributed by atoms with Gasteiger partial charge < -0.3 is 16.0 Å². The Balaban J connectivity index is 1.46. The van der Waals surface area contributed by atoms with E-state index in [-0.39, 0.29) is 24.1 Å². The third-order valence-electron chi connectivity index (χ3n) is 6.34. The van der Waals surface area contributed by atoms with E-state index in [4.69, 9.17) is 5.73 Å². The van der Waals surface area contributed by atoms with E-state index in [1.165, 1.54) is 12.8 Å². The normalized spacial score (nSPS) is 27.7. The van der Waals surface area contributed by atoms with Crippen LogP contribution in [0.15, 0.2) is 18.2 Å². The zero-order valence-corrected chi connectivity index (χ0v) is 16.1. The number of rotatable bonds is 5. The van der Waals surface area contributed by atoms with Crippen LogP contribution in [0.25, 0.3) is 0 Å². The van der Waals surface area contributed by atoms with Crippen LogP contribution in [-0.2, 0) is 22.7 Å². The molecule has 2 fully saturated rings. The van der Waals surface area contributed by atoms with Crippen molar-refractivity contribution in [2.24, 2.45) is 11.7 Å². The zero-order chi connectivity index (χ0) is 19.7. The van der Waals surface area contributed by atoms with E-state index in [0.29, 0.717) is 37.0 Å². The zero-order valence-electron chi connectivity index (χ0n) is 16.1. The number of nitrogens with two attached hydrogens (primary N) is 1. The summed E-state index contributed by atoms with van der Waals surface area (Å²) < 4.78 is 0. The Hall–Kier alpha value is -2.25. The van der Waals surface area contributed by atoms with Gasteiger partial charge >= 0.3 is 0 Å². The molecular weight excluding hydrogens is 356 g/mol. The van der Waals surface area contributed by atoms with Gasteiger partial charge in [0.25, 0.3) is 5.91 Å². The second-order valence-electron chi connectivity index (χ2n) is 8.20. The quantitative estimate of drug-likeness (QED) is 0.659. The van der Waals surface area contributed by atoms with Crippen LogP contribution in [0.5, 0.6) is 0 Å². The van der Waals surface area contributed by atoms with Crippen LogP contribution >= 0.6 is 0 Å². The molecule has 0 bridgehead atoms. The Labute approximate surface area is 165 Å². The van der Waals surface area contributed by atoms with Crippen LogP contribution < -0.4 is 16.4 Å². The van der Waals surface area contributed by atoms with Crippen molar-refractivity contribution in [1.82, 2.24) is 15.5 Å². The Kier molecular flexibility index (Phi) is 5.46. The molecule has 150 valence electrons. The largest absolute Gasteiger partial charge is 0.330 e. The van der Waals surface area contributed by atoms with Crippen LogP contribution in [0.3, 0.4) is 0 Å². The predicted molar refractivity (Wildman–Crippen MR) is 104 cm³/mol. The van der Waals surface area contributed by atoms with Crippen LogP contribution in [-0.4, -0.2) is 41.2 Å². The molecular formula is C21H28N4O3. The van der Waals surface area contributed by atoms with Gasteiger partial charge in [-0.1, -0.05) is 24.6 Å². The summed E-state index contributed by atoms with van der Waals surface area (Å²) in [5.74, 6) is -0.159. The summed E-state index contributed by atoms with van der Waals surface area (Å²) in [5, 5.41) is 5.96. The number of benzene rings is 1. The van der Waals surface area contributed by atoms with E-state index in [9.17, 15) is 14.4 Å². The molecule has 3 aliphatic rings. The first kappa shape index (κ1) is 19.1. The lowest BCUT2D eigenvalue weighted by molar-refractivity contribution is -0.136. The molecule has 1 aromatic rings. The van der Waals surface area contributed by atoms with Gasteiger partial charge in [0.2, 0.25) is 11.8 Å². The Morgan fingerprint density at radius 2 is 2.04 bits per heavy atom. The van der Waals surface area contributed by atoms with Crippen molar-refractivity contribution in [2.45, 2.75) is 63.7 Å². The number of carbonyl (C=O) groups is 3. The minimum atomic E-state index is -0.568. The maximum atomic E-state index is 13.1. The van der Waals surface area contributed by atoms with Gasteiger partial charge in [0.05, 0.1) is 0 Å². The minimum Gasteiger partial charge on any atom is -0.330 e. The molecule has 1 aliphatic carbocycles. The number of fused-ring (bicyclic) bond motifs is 1. The molecule has 2 aliphatic heterocycles. The average Bonchev–Trinajstić information content (AvgIpc) is 3.03. The van der Waals surface area contributed by atoms with Gasteiger partial charge in [-0.15, -0.1) is 0 Å². The molecule has 1 saturated carbocycles. The van der Waals surface area contributed by atoms with Crippen molar-refractivity contribution in [3.05, 3.63) is 34.9 Å². The summed E-state index contributed by atoms with van der Waals surface area (Å²) in [4.78, 5) is 38.4. The van der Waals surface area contributed by atoms with E-state index in [1.807, 2.05) is 18.2 Å². The molecule has 1 saturated heterocycles. The van der Waals surface area contributed by atoms with Gasteiger partial charge in [-0.05, 0) is 49.3 Å². The Morgan fingerprint density at radius 3 is 2.82 bits per heavy atom. The first-order chi connectivity index (χ1) is 13.6. The summed E-state index contributed by atoms with van der Waals surface area (Å²) in [7, 11) is 0. The van der Waals surface area contributed by atoms with Crippen LogP contribution in [0.4, 0.5) is 0 Å². The number of piperidine rings is 1. The van der Waals surface area contributed by atoms with E-state index < -0.39 is 6.04 Å². The highest BCUT2D eigenvalue weighted by Gasteiger charge is 2.39. The molecule has 1 aromatic carbocycles. The maximum Gasteiger partial charge on any atom is 0.255 e. The highest BCUT2D eigenvalue weighted by Crippen LogP contribution is 2.30. The molecule has 0 radical (unpaired) electrons. The van der Waals surface area contributed by atoms with Crippen LogP contribution in [0, 0.1) is 5.92 Å². The molecule has 7 heteroatoms. The summed E-state index contributed by atoms with van der Waals surface area (Å²) in [5.41, 5.74) is 8.49. The lowest BCUT2D eigenvalue weighted by Gasteiger charge is -2.30. The number of imide groups is 1. The number of amides is 3. The first-order valence-corrected chi connectivity index (χ1v) is 10.3. The fourth-order valence-corrected chi connectivity index (χ4v) is 4.78. The Bertz CT molecular complexity index is 794. The number of nitrogens with one attached hydrogen (secondary N) is 2.